The van der Waals surface area contributed by atoms with E-state index in [2.05, 4.69) is 22.9 Å². The molecule has 4 aliphatic rings. The highest BCUT2D eigenvalue weighted by molar-refractivity contribution is 6.00. The molecule has 0 radical (unpaired) electrons. The maximum Gasteiger partial charge on any atom is 0.408 e. The molecule has 4 fully saturated rings. The quantitative estimate of drug-likeness (QED) is 0.208. The van der Waals surface area contributed by atoms with Crippen molar-refractivity contribution in [2.45, 2.75) is 141 Å². The summed E-state index contributed by atoms with van der Waals surface area (Å²) in [7, 11) is 5.45. The number of rotatable bonds is 9. The predicted octanol–water partition coefficient (Wildman–Crippen LogP) is 2.23. The maximum absolute atomic E-state index is 14.2. The molecule has 1 saturated carbocycles. The lowest BCUT2D eigenvalue weighted by atomic mass is 9.78. The molecule has 1 amide bonds. The number of carbonyl (C=O) groups is 3. The van der Waals surface area contributed by atoms with E-state index in [0.29, 0.717) is 38.3 Å². The van der Waals surface area contributed by atoms with Gasteiger partial charge in [-0.25, -0.2) is 4.79 Å². The van der Waals surface area contributed by atoms with Crippen molar-refractivity contribution >= 4 is 17.8 Å². The molecule has 48 heavy (non-hydrogen) atoms. The molecule has 13 heteroatoms. The summed E-state index contributed by atoms with van der Waals surface area (Å²) < 4.78 is 31.1. The van der Waals surface area contributed by atoms with E-state index < -0.39 is 65.7 Å². The molecule has 5 unspecified atom stereocenters. The third-order valence-corrected chi connectivity index (χ3v) is 11.2. The van der Waals surface area contributed by atoms with Gasteiger partial charge in [-0.1, -0.05) is 20.8 Å². The lowest BCUT2D eigenvalue weighted by molar-refractivity contribution is -0.297. The van der Waals surface area contributed by atoms with E-state index in [9.17, 15) is 19.5 Å². The van der Waals surface area contributed by atoms with Gasteiger partial charge in [-0.2, -0.15) is 0 Å². The number of Topliss-reactive ketones (excluding diaryl/α,β-unsaturated/α-hetero) is 1. The van der Waals surface area contributed by atoms with Crippen molar-refractivity contribution < 1.29 is 43.2 Å². The molecule has 4 rings (SSSR count). The van der Waals surface area contributed by atoms with Gasteiger partial charge < -0.3 is 49.6 Å². The Hall–Kier alpha value is -1.87. The average molecular weight is 683 g/mol. The fourth-order valence-electron chi connectivity index (χ4n) is 7.92. The lowest BCUT2D eigenvalue weighted by Gasteiger charge is -2.47. The lowest BCUT2D eigenvalue weighted by Crippen LogP contribution is -2.60. The molecule has 0 spiro atoms. The maximum atomic E-state index is 14.2. The van der Waals surface area contributed by atoms with Gasteiger partial charge in [0.15, 0.2) is 17.7 Å². The molecule has 3 saturated heterocycles. The van der Waals surface area contributed by atoms with Crippen LogP contribution in [0.15, 0.2) is 0 Å². The minimum Gasteiger partial charge on any atom is -0.458 e. The second kappa shape index (κ2) is 16.0. The van der Waals surface area contributed by atoms with Gasteiger partial charge in [-0.05, 0) is 98.8 Å². The van der Waals surface area contributed by atoms with E-state index in [0.717, 1.165) is 6.54 Å². The van der Waals surface area contributed by atoms with Crippen molar-refractivity contribution in [2.24, 2.45) is 23.7 Å². The van der Waals surface area contributed by atoms with Crippen molar-refractivity contribution in [3.8, 4) is 0 Å². The number of nitrogens with one attached hydrogen (secondary N) is 3. The smallest absolute Gasteiger partial charge is 0.408 e. The highest BCUT2D eigenvalue weighted by Gasteiger charge is 2.55. The van der Waals surface area contributed by atoms with Gasteiger partial charge in [0, 0.05) is 31.7 Å². The fourth-order valence-corrected chi connectivity index (χ4v) is 7.92. The zero-order chi connectivity index (χ0) is 35.6. The van der Waals surface area contributed by atoms with Crippen LogP contribution in [0.2, 0.25) is 0 Å². The summed E-state index contributed by atoms with van der Waals surface area (Å²) in [5.41, 5.74) is -2.16. The Balaban J connectivity index is 1.65. The zero-order valence-electron chi connectivity index (χ0n) is 30.7. The molecule has 0 aromatic rings. The third-order valence-electron chi connectivity index (χ3n) is 11.2. The number of aliphatic hydroxyl groups excluding tert-OH is 1. The average Bonchev–Trinajstić information content (AvgIpc) is 3.81. The molecule has 0 aromatic carbocycles. The van der Waals surface area contributed by atoms with Crippen LogP contribution in [0.5, 0.6) is 0 Å². The van der Waals surface area contributed by atoms with Gasteiger partial charge in [0.1, 0.15) is 18.1 Å². The molecule has 276 valence electrons. The molecule has 0 bridgehead atoms. The summed E-state index contributed by atoms with van der Waals surface area (Å²) >= 11 is 0. The summed E-state index contributed by atoms with van der Waals surface area (Å²) in [6.45, 7) is 15.0. The number of aliphatic hydroxyl groups is 1. The van der Waals surface area contributed by atoms with E-state index in [-0.39, 0.29) is 29.9 Å². The number of ether oxygens (including phenoxy) is 5. The van der Waals surface area contributed by atoms with Crippen LogP contribution >= 0.6 is 0 Å². The fraction of sp³-hybridized carbons (Fsp3) is 0.914. The van der Waals surface area contributed by atoms with Crippen LogP contribution in [0.4, 0.5) is 4.79 Å². The first kappa shape index (κ1) is 38.9. The molecule has 13 nitrogen and oxygen atoms in total. The predicted molar refractivity (Wildman–Crippen MR) is 179 cm³/mol. The van der Waals surface area contributed by atoms with Crippen molar-refractivity contribution in [2.75, 3.05) is 40.8 Å². The highest BCUT2D eigenvalue weighted by atomic mass is 16.7. The van der Waals surface area contributed by atoms with E-state index >= 15 is 0 Å². The molecular formula is C35H62N4O9. The molecule has 4 N–H and O–H groups in total. The minimum absolute atomic E-state index is 0.0311. The van der Waals surface area contributed by atoms with Gasteiger partial charge >= 0.3 is 12.1 Å². The van der Waals surface area contributed by atoms with Crippen LogP contribution in [0.1, 0.15) is 80.6 Å². The van der Waals surface area contributed by atoms with Crippen LogP contribution in [0.3, 0.4) is 0 Å². The highest BCUT2D eigenvalue weighted by Crippen LogP contribution is 2.38. The summed E-state index contributed by atoms with van der Waals surface area (Å²) in [6.07, 6.45) is -0.491. The Morgan fingerprint density at radius 2 is 1.77 bits per heavy atom. The van der Waals surface area contributed by atoms with Gasteiger partial charge in [0.05, 0.1) is 23.9 Å². The number of likely N-dealkylation sites (N-methyl/N-ethyl adjacent to an activating group) is 1. The minimum atomic E-state index is -1.15. The molecule has 3 heterocycles. The molecule has 13 atom stereocenters. The number of ketones is 1. The first-order chi connectivity index (χ1) is 22.5. The Bertz CT molecular complexity index is 1120. The van der Waals surface area contributed by atoms with Crippen LogP contribution in [-0.4, -0.2) is 129 Å². The van der Waals surface area contributed by atoms with E-state index in [4.69, 9.17) is 23.7 Å². The summed E-state index contributed by atoms with van der Waals surface area (Å²) in [6, 6.07) is -0.956. The monoisotopic (exact) mass is 682 g/mol. The Morgan fingerprint density at radius 3 is 2.38 bits per heavy atom. The summed E-state index contributed by atoms with van der Waals surface area (Å²) in [5.74, 6) is -2.31. The number of amides is 1. The first-order valence-electron chi connectivity index (χ1n) is 17.9. The molecule has 3 aliphatic heterocycles. The normalized spacial score (nSPS) is 43.5. The van der Waals surface area contributed by atoms with Crippen molar-refractivity contribution in [1.82, 2.24) is 20.9 Å². The number of alkyl carbamates (subject to hydrolysis) is 1. The van der Waals surface area contributed by atoms with Crippen molar-refractivity contribution in [3.05, 3.63) is 0 Å². The largest absolute Gasteiger partial charge is 0.458 e. The molecular weight excluding hydrogens is 620 g/mol. The Labute approximate surface area is 286 Å². The van der Waals surface area contributed by atoms with E-state index in [1.807, 2.05) is 39.8 Å². The second-order valence-corrected chi connectivity index (χ2v) is 15.5. The summed E-state index contributed by atoms with van der Waals surface area (Å²) in [5, 5.41) is 21.5. The first-order valence-corrected chi connectivity index (χ1v) is 17.9. The summed E-state index contributed by atoms with van der Waals surface area (Å²) in [4.78, 5) is 42.3. The number of fused-ring (bicyclic) bond motifs is 1. The number of hydrogen-bond acceptors (Lipinski definition) is 12. The van der Waals surface area contributed by atoms with Gasteiger partial charge in [0.25, 0.3) is 0 Å². The zero-order valence-corrected chi connectivity index (χ0v) is 30.7. The van der Waals surface area contributed by atoms with E-state index in [1.54, 1.807) is 21.0 Å². The topological polar surface area (TPSA) is 157 Å². The van der Waals surface area contributed by atoms with Crippen LogP contribution in [0.25, 0.3) is 0 Å². The SMILES string of the molecule is CC[C@H]1OC(=O)C(C)C(=O)[C@H](C)[C@@H](OC2OC(CNCC3CC3)CC(N(C)C)C2O)[C@](C)(OC)C[C@@H](C)CN[C@H](C)[C@H]2NC(=O)O[C@@]21C. The number of hydrogen-bond donors (Lipinski definition) is 4. The number of cyclic esters (lactones) is 1. The van der Waals surface area contributed by atoms with Crippen LogP contribution in [-0.2, 0) is 33.3 Å². The number of nitrogens with zero attached hydrogens (tertiary/aromatic N) is 1. The third kappa shape index (κ3) is 8.70. The second-order valence-electron chi connectivity index (χ2n) is 15.5. The Kier molecular flexibility index (Phi) is 13.0. The molecule has 0 aromatic heterocycles. The van der Waals surface area contributed by atoms with E-state index in [1.165, 1.54) is 19.8 Å². The number of methoxy groups -OCH3 is 1. The Morgan fingerprint density at radius 1 is 1.08 bits per heavy atom. The van der Waals surface area contributed by atoms with Gasteiger partial charge in [-0.15, -0.1) is 0 Å². The van der Waals surface area contributed by atoms with Gasteiger partial charge in [-0.3, -0.25) is 9.59 Å². The van der Waals surface area contributed by atoms with Gasteiger partial charge in [0.2, 0.25) is 0 Å². The van der Waals surface area contributed by atoms with Crippen molar-refractivity contribution in [1.29, 1.82) is 0 Å². The van der Waals surface area contributed by atoms with Crippen LogP contribution < -0.4 is 16.0 Å². The number of carbonyl (C=O) groups excluding carboxylic acids is 3. The van der Waals surface area contributed by atoms with Crippen molar-refractivity contribution in [3.63, 3.8) is 0 Å². The standard InChI is InChI=1S/C35H62N4O9/c1-11-26-35(7)29(38-33(43)48-35)22(5)37-16-19(2)15-34(6,44-10)30(20(3)27(40)21(4)31(42)46-26)47-32-28(41)25(39(8)9)14-24(45-32)18-36-17-23-12-13-23/h19-26,28-30,32,36-37,41H,11-18H2,1-10H3,(H,38,43)/t19-,20+,21?,22-,24?,25?,26-,28?,29-,30-,32?,34-,35-/m1/s1. The van der Waals surface area contributed by atoms with Crippen LogP contribution in [0, 0.1) is 23.7 Å². The number of esters is 1. The molecule has 1 aliphatic carbocycles.